The first-order valence-electron chi connectivity index (χ1n) is 10.4. The zero-order chi connectivity index (χ0) is 24.2. The average molecular weight is 477 g/mol. The summed E-state index contributed by atoms with van der Waals surface area (Å²) in [6, 6.07) is 17.8. The molecule has 0 unspecified atom stereocenters. The molecule has 0 saturated carbocycles. The third-order valence-electron chi connectivity index (χ3n) is 5.10. The van der Waals surface area contributed by atoms with Crippen LogP contribution >= 0.6 is 11.8 Å². The molecule has 0 saturated heterocycles. The van der Waals surface area contributed by atoms with Crippen LogP contribution in [0, 0.1) is 19.7 Å². The summed E-state index contributed by atoms with van der Waals surface area (Å²) in [5.41, 5.74) is 7.69. The number of halogens is 1. The molecule has 0 bridgehead atoms. The van der Waals surface area contributed by atoms with Gasteiger partial charge in [-0.15, -0.1) is 0 Å². The quantitative estimate of drug-likeness (QED) is 0.260. The number of aryl methyl sites for hydroxylation is 2. The fourth-order valence-electron chi connectivity index (χ4n) is 3.35. The number of hydrazine groups is 1. The van der Waals surface area contributed by atoms with Gasteiger partial charge in [0.15, 0.2) is 5.16 Å². The number of amides is 2. The molecule has 2 N–H and O–H groups in total. The van der Waals surface area contributed by atoms with Crippen molar-refractivity contribution < 1.29 is 14.0 Å². The molecule has 0 fully saturated rings. The first-order valence-corrected chi connectivity index (χ1v) is 11.4. The highest BCUT2D eigenvalue weighted by Gasteiger charge is 2.16. The Kier molecular flexibility index (Phi) is 6.74. The van der Waals surface area contributed by atoms with Gasteiger partial charge < -0.3 is 0 Å². The van der Waals surface area contributed by atoms with Crippen molar-refractivity contribution in [3.8, 4) is 5.69 Å². The molecule has 0 radical (unpaired) electrons. The van der Waals surface area contributed by atoms with Crippen molar-refractivity contribution >= 4 is 34.5 Å². The summed E-state index contributed by atoms with van der Waals surface area (Å²) in [4.78, 5) is 42.5. The van der Waals surface area contributed by atoms with Crippen LogP contribution in [0.25, 0.3) is 16.6 Å². The minimum absolute atomic E-state index is 0.0979. The Bertz CT molecular complexity index is 1450. The predicted octanol–water partition coefficient (Wildman–Crippen LogP) is 3.69. The molecule has 4 aromatic rings. The number of nitrogens with one attached hydrogen (secondary N) is 2. The molecule has 2 amide bonds. The molecular weight excluding hydrogens is 455 g/mol. The lowest BCUT2D eigenvalue weighted by atomic mass is 10.1. The number of thioether (sulfide) groups is 1. The van der Waals surface area contributed by atoms with Gasteiger partial charge in [0.25, 0.3) is 11.5 Å². The zero-order valence-electron chi connectivity index (χ0n) is 18.5. The molecule has 4 rings (SSSR count). The summed E-state index contributed by atoms with van der Waals surface area (Å²) >= 11 is 1.08. The Hall–Kier alpha value is -3.98. The summed E-state index contributed by atoms with van der Waals surface area (Å²) in [6.45, 7) is 3.84. The maximum absolute atomic E-state index is 13.4. The Labute approximate surface area is 199 Å². The molecule has 9 heteroatoms. The number of aromatic nitrogens is 2. The summed E-state index contributed by atoms with van der Waals surface area (Å²) in [6.07, 6.45) is 0. The smallest absolute Gasteiger partial charge is 0.269 e. The van der Waals surface area contributed by atoms with Gasteiger partial charge >= 0.3 is 0 Å². The van der Waals surface area contributed by atoms with Crippen molar-refractivity contribution in [1.29, 1.82) is 0 Å². The number of rotatable bonds is 5. The highest BCUT2D eigenvalue weighted by Crippen LogP contribution is 2.23. The van der Waals surface area contributed by atoms with Gasteiger partial charge in [-0.3, -0.25) is 29.8 Å². The Balaban J connectivity index is 1.57. The van der Waals surface area contributed by atoms with Crippen LogP contribution in [0.15, 0.2) is 76.7 Å². The molecule has 0 aliphatic heterocycles. The van der Waals surface area contributed by atoms with E-state index in [0.717, 1.165) is 35.0 Å². The van der Waals surface area contributed by atoms with Gasteiger partial charge in [0.2, 0.25) is 5.91 Å². The fourth-order valence-corrected chi connectivity index (χ4v) is 4.15. The number of fused-ring (bicyclic) bond motifs is 1. The number of carbonyl (C=O) groups is 2. The van der Waals surface area contributed by atoms with E-state index in [4.69, 9.17) is 0 Å². The van der Waals surface area contributed by atoms with E-state index < -0.39 is 17.6 Å². The van der Waals surface area contributed by atoms with Gasteiger partial charge in [0, 0.05) is 5.56 Å². The maximum Gasteiger partial charge on any atom is 0.269 e. The van der Waals surface area contributed by atoms with Crippen LogP contribution < -0.4 is 16.4 Å². The van der Waals surface area contributed by atoms with Gasteiger partial charge in [0.1, 0.15) is 5.82 Å². The molecule has 7 nitrogen and oxygen atoms in total. The second-order valence-electron chi connectivity index (χ2n) is 7.64. The number of para-hydroxylation sites is 1. The van der Waals surface area contributed by atoms with E-state index in [-0.39, 0.29) is 16.9 Å². The molecule has 34 heavy (non-hydrogen) atoms. The first-order chi connectivity index (χ1) is 16.3. The maximum atomic E-state index is 13.4. The highest BCUT2D eigenvalue weighted by molar-refractivity contribution is 7.99. The number of nitrogens with zero attached hydrogens (tertiary/aromatic N) is 2. The van der Waals surface area contributed by atoms with E-state index in [1.165, 1.54) is 16.7 Å². The lowest BCUT2D eigenvalue weighted by Gasteiger charge is -2.16. The van der Waals surface area contributed by atoms with Crippen LogP contribution in [-0.2, 0) is 4.79 Å². The van der Waals surface area contributed by atoms with Crippen molar-refractivity contribution in [2.24, 2.45) is 0 Å². The van der Waals surface area contributed by atoms with Crippen LogP contribution in [0.1, 0.15) is 21.5 Å². The van der Waals surface area contributed by atoms with Gasteiger partial charge in [0.05, 0.1) is 22.3 Å². The van der Waals surface area contributed by atoms with Gasteiger partial charge in [-0.1, -0.05) is 36.0 Å². The van der Waals surface area contributed by atoms with E-state index in [1.807, 2.05) is 32.0 Å². The van der Waals surface area contributed by atoms with Crippen LogP contribution in [-0.4, -0.2) is 27.1 Å². The molecule has 0 aliphatic carbocycles. The normalized spacial score (nSPS) is 10.8. The van der Waals surface area contributed by atoms with Gasteiger partial charge in [-0.2, -0.15) is 0 Å². The summed E-state index contributed by atoms with van der Waals surface area (Å²) in [7, 11) is 0. The van der Waals surface area contributed by atoms with Crippen molar-refractivity contribution in [3.05, 3.63) is 99.6 Å². The van der Waals surface area contributed by atoms with Crippen molar-refractivity contribution in [2.75, 3.05) is 5.75 Å². The lowest BCUT2D eigenvalue weighted by molar-refractivity contribution is -0.119. The van der Waals surface area contributed by atoms with Crippen molar-refractivity contribution in [1.82, 2.24) is 20.4 Å². The minimum atomic E-state index is -0.575. The van der Waals surface area contributed by atoms with Gasteiger partial charge in [-0.25, -0.2) is 9.37 Å². The molecular formula is C25H21FN4O3S. The van der Waals surface area contributed by atoms with E-state index in [9.17, 15) is 18.8 Å². The standard InChI is InChI=1S/C25H21FN4O3S/c1-15-7-8-16(2)21(13-15)30-24(33)19-5-3-4-6-20(19)27-25(30)34-14-22(31)28-29-23(32)17-9-11-18(26)12-10-17/h3-13H,14H2,1-2H3,(H,28,31)(H,29,32). The fraction of sp³-hybridized carbons (Fsp3) is 0.120. The minimum Gasteiger partial charge on any atom is -0.272 e. The van der Waals surface area contributed by atoms with Crippen molar-refractivity contribution in [3.63, 3.8) is 0 Å². The summed E-state index contributed by atoms with van der Waals surface area (Å²) < 4.78 is 14.5. The molecule has 1 heterocycles. The molecule has 1 aromatic heterocycles. The van der Waals surface area contributed by atoms with Crippen LogP contribution in [0.3, 0.4) is 0 Å². The second-order valence-corrected chi connectivity index (χ2v) is 8.58. The van der Waals surface area contributed by atoms with E-state index in [0.29, 0.717) is 21.7 Å². The molecule has 0 spiro atoms. The average Bonchev–Trinajstić information content (AvgIpc) is 2.83. The number of carbonyl (C=O) groups excluding carboxylic acids is 2. The van der Waals surface area contributed by atoms with E-state index >= 15 is 0 Å². The monoisotopic (exact) mass is 476 g/mol. The van der Waals surface area contributed by atoms with Crippen molar-refractivity contribution in [2.45, 2.75) is 19.0 Å². The third-order valence-corrected chi connectivity index (χ3v) is 6.04. The van der Waals surface area contributed by atoms with Crippen LogP contribution in [0.5, 0.6) is 0 Å². The summed E-state index contributed by atoms with van der Waals surface area (Å²) in [5.74, 6) is -1.63. The van der Waals surface area contributed by atoms with Crippen LogP contribution in [0.4, 0.5) is 4.39 Å². The topological polar surface area (TPSA) is 93.1 Å². The van der Waals surface area contributed by atoms with E-state index in [2.05, 4.69) is 15.8 Å². The third kappa shape index (κ3) is 4.99. The first kappa shape index (κ1) is 23.2. The molecule has 0 atom stereocenters. The number of benzene rings is 3. The second kappa shape index (κ2) is 9.88. The zero-order valence-corrected chi connectivity index (χ0v) is 19.3. The molecule has 0 aliphatic rings. The van der Waals surface area contributed by atoms with Crippen LogP contribution in [0.2, 0.25) is 0 Å². The number of hydrogen-bond acceptors (Lipinski definition) is 5. The largest absolute Gasteiger partial charge is 0.272 e. The predicted molar refractivity (Wildman–Crippen MR) is 130 cm³/mol. The molecule has 172 valence electrons. The lowest BCUT2D eigenvalue weighted by Crippen LogP contribution is -2.42. The van der Waals surface area contributed by atoms with Gasteiger partial charge in [-0.05, 0) is 67.4 Å². The number of hydrogen-bond donors (Lipinski definition) is 2. The summed E-state index contributed by atoms with van der Waals surface area (Å²) in [5, 5.41) is 0.834. The van der Waals surface area contributed by atoms with E-state index in [1.54, 1.807) is 24.3 Å². The Morgan fingerprint density at radius 2 is 1.74 bits per heavy atom. The SMILES string of the molecule is Cc1ccc(C)c(-n2c(SCC(=O)NNC(=O)c3ccc(F)cc3)nc3ccccc3c2=O)c1. The Morgan fingerprint density at radius 3 is 2.50 bits per heavy atom. The highest BCUT2D eigenvalue weighted by atomic mass is 32.2. The molecule has 3 aromatic carbocycles. The Morgan fingerprint density at radius 1 is 1.00 bits per heavy atom.